The zero-order valence-electron chi connectivity index (χ0n) is 16.5. The van der Waals surface area contributed by atoms with Gasteiger partial charge in [-0.05, 0) is 30.9 Å². The van der Waals surface area contributed by atoms with Crippen LogP contribution in [-0.4, -0.2) is 28.7 Å². The van der Waals surface area contributed by atoms with Crippen LogP contribution in [0.4, 0.5) is 5.69 Å². The highest BCUT2D eigenvalue weighted by Crippen LogP contribution is 2.34. The molecule has 4 rings (SSSR count). The molecule has 0 spiro atoms. The van der Waals surface area contributed by atoms with Gasteiger partial charge >= 0.3 is 0 Å². The number of hydrogen-bond acceptors (Lipinski definition) is 4. The fraction of sp³-hybridized carbons (Fsp3) is 0.364. The van der Waals surface area contributed by atoms with Gasteiger partial charge < -0.3 is 19.4 Å². The number of anilines is 1. The maximum atomic E-state index is 12.9. The van der Waals surface area contributed by atoms with Crippen LogP contribution in [0.15, 0.2) is 30.3 Å². The van der Waals surface area contributed by atoms with Crippen molar-refractivity contribution < 1.29 is 14.3 Å². The van der Waals surface area contributed by atoms with Gasteiger partial charge in [0.15, 0.2) is 11.5 Å². The molecule has 0 unspecified atom stereocenters. The highest BCUT2D eigenvalue weighted by molar-refractivity contribution is 5.93. The van der Waals surface area contributed by atoms with Crippen LogP contribution >= 0.6 is 0 Å². The zero-order valence-corrected chi connectivity index (χ0v) is 16.5. The van der Waals surface area contributed by atoms with Gasteiger partial charge in [0, 0.05) is 17.8 Å². The van der Waals surface area contributed by atoms with Gasteiger partial charge in [0.2, 0.25) is 5.91 Å². The van der Waals surface area contributed by atoms with Crippen LogP contribution in [0.3, 0.4) is 0 Å². The summed E-state index contributed by atoms with van der Waals surface area (Å²) in [6.45, 7) is 7.37. The van der Waals surface area contributed by atoms with Gasteiger partial charge in [-0.2, -0.15) is 0 Å². The molecule has 28 heavy (non-hydrogen) atoms. The third-order valence-electron chi connectivity index (χ3n) is 5.17. The highest BCUT2D eigenvalue weighted by Gasteiger charge is 2.18. The Morgan fingerprint density at radius 1 is 1.11 bits per heavy atom. The summed E-state index contributed by atoms with van der Waals surface area (Å²) in [6.07, 6.45) is 1.75. The summed E-state index contributed by atoms with van der Waals surface area (Å²) in [7, 11) is 0. The monoisotopic (exact) mass is 379 g/mol. The first-order valence-electron chi connectivity index (χ1n) is 9.77. The van der Waals surface area contributed by atoms with E-state index in [-0.39, 0.29) is 12.5 Å². The molecule has 2 heterocycles. The number of carbonyl (C=O) groups excluding carboxylic acids is 1. The van der Waals surface area contributed by atoms with Crippen molar-refractivity contribution in [2.24, 2.45) is 0 Å². The van der Waals surface area contributed by atoms with Crippen molar-refractivity contribution in [2.75, 3.05) is 18.5 Å². The van der Waals surface area contributed by atoms with Crippen LogP contribution in [0.25, 0.3) is 11.0 Å². The molecular formula is C22H25N3O3. The average molecular weight is 379 g/mol. The Kier molecular flexibility index (Phi) is 4.94. The number of rotatable bonds is 5. The van der Waals surface area contributed by atoms with Crippen molar-refractivity contribution in [2.45, 2.75) is 40.2 Å². The summed E-state index contributed by atoms with van der Waals surface area (Å²) < 4.78 is 13.2. The number of aromatic nitrogens is 2. The Bertz CT molecular complexity index is 1020. The van der Waals surface area contributed by atoms with Gasteiger partial charge in [0.05, 0.1) is 11.0 Å². The van der Waals surface area contributed by atoms with Gasteiger partial charge in [0.1, 0.15) is 25.6 Å². The Balaban J connectivity index is 1.64. The number of para-hydroxylation sites is 1. The maximum Gasteiger partial charge on any atom is 0.244 e. The third-order valence-corrected chi connectivity index (χ3v) is 5.17. The van der Waals surface area contributed by atoms with Gasteiger partial charge in [0.25, 0.3) is 0 Å². The normalized spacial score (nSPS) is 13.0. The minimum Gasteiger partial charge on any atom is -0.486 e. The van der Waals surface area contributed by atoms with Gasteiger partial charge in [-0.1, -0.05) is 32.0 Å². The topological polar surface area (TPSA) is 65.4 Å². The van der Waals surface area contributed by atoms with Crippen molar-refractivity contribution in [3.05, 3.63) is 47.3 Å². The smallest absolute Gasteiger partial charge is 0.244 e. The van der Waals surface area contributed by atoms with E-state index in [1.807, 2.05) is 29.7 Å². The SMILES string of the molecule is CCc1cccc(CC)c1NC(=O)Cn1c(C)nc2cc3c(cc21)OCCO3. The summed E-state index contributed by atoms with van der Waals surface area (Å²) in [5.74, 6) is 2.13. The summed E-state index contributed by atoms with van der Waals surface area (Å²) >= 11 is 0. The van der Waals surface area contributed by atoms with Crippen LogP contribution in [-0.2, 0) is 24.2 Å². The number of nitrogens with zero attached hydrogens (tertiary/aromatic N) is 2. The molecule has 1 N–H and O–H groups in total. The van der Waals surface area contributed by atoms with Gasteiger partial charge in [-0.15, -0.1) is 0 Å². The van der Waals surface area contributed by atoms with Crippen LogP contribution in [0.5, 0.6) is 11.5 Å². The minimum absolute atomic E-state index is 0.0621. The Morgan fingerprint density at radius 2 is 1.75 bits per heavy atom. The number of imidazole rings is 1. The molecule has 146 valence electrons. The van der Waals surface area contributed by atoms with Gasteiger partial charge in [-0.3, -0.25) is 4.79 Å². The van der Waals surface area contributed by atoms with Crippen molar-refractivity contribution in [3.63, 3.8) is 0 Å². The zero-order chi connectivity index (χ0) is 19.7. The summed E-state index contributed by atoms with van der Waals surface area (Å²) in [5.41, 5.74) is 4.92. The second-order valence-corrected chi connectivity index (χ2v) is 6.94. The Hall–Kier alpha value is -3.02. The van der Waals surface area contributed by atoms with Crippen LogP contribution in [0, 0.1) is 6.92 Å². The lowest BCUT2D eigenvalue weighted by Gasteiger charge is -2.18. The predicted molar refractivity (Wildman–Crippen MR) is 109 cm³/mol. The van der Waals surface area contributed by atoms with E-state index in [2.05, 4.69) is 36.3 Å². The summed E-state index contributed by atoms with van der Waals surface area (Å²) in [4.78, 5) is 17.5. The first-order chi connectivity index (χ1) is 13.6. The molecule has 0 atom stereocenters. The lowest BCUT2D eigenvalue weighted by Crippen LogP contribution is -2.21. The third kappa shape index (κ3) is 3.30. The molecule has 2 aromatic carbocycles. The van der Waals surface area contributed by atoms with E-state index in [4.69, 9.17) is 9.47 Å². The molecule has 1 aliphatic heterocycles. The first kappa shape index (κ1) is 18.3. The van der Waals surface area contributed by atoms with E-state index in [1.165, 1.54) is 0 Å². The number of ether oxygens (including phenoxy) is 2. The van der Waals surface area contributed by atoms with E-state index < -0.39 is 0 Å². The quantitative estimate of drug-likeness (QED) is 0.731. The lowest BCUT2D eigenvalue weighted by atomic mass is 10.0. The van der Waals surface area contributed by atoms with Crippen molar-refractivity contribution in [3.8, 4) is 11.5 Å². The molecule has 0 saturated heterocycles. The molecule has 1 amide bonds. The number of nitrogens with one attached hydrogen (secondary N) is 1. The molecule has 0 bridgehead atoms. The molecule has 0 fully saturated rings. The molecule has 6 heteroatoms. The number of benzene rings is 2. The van der Waals surface area contributed by atoms with E-state index in [9.17, 15) is 4.79 Å². The molecule has 1 aromatic heterocycles. The van der Waals surface area contributed by atoms with Crippen molar-refractivity contribution in [1.82, 2.24) is 9.55 Å². The maximum absolute atomic E-state index is 12.9. The molecular weight excluding hydrogens is 354 g/mol. The van der Waals surface area contributed by atoms with E-state index in [0.717, 1.165) is 46.5 Å². The number of carbonyl (C=O) groups is 1. The molecule has 3 aromatic rings. The molecule has 1 aliphatic rings. The fourth-order valence-electron chi connectivity index (χ4n) is 3.71. The number of fused-ring (bicyclic) bond motifs is 2. The predicted octanol–water partition coefficient (Wildman–Crippen LogP) is 3.88. The van der Waals surface area contributed by atoms with Crippen LogP contribution in [0.2, 0.25) is 0 Å². The van der Waals surface area contributed by atoms with Crippen molar-refractivity contribution >= 4 is 22.6 Å². The van der Waals surface area contributed by atoms with E-state index >= 15 is 0 Å². The lowest BCUT2D eigenvalue weighted by molar-refractivity contribution is -0.116. The van der Waals surface area contributed by atoms with Crippen LogP contribution < -0.4 is 14.8 Å². The minimum atomic E-state index is -0.0621. The first-order valence-corrected chi connectivity index (χ1v) is 9.77. The fourth-order valence-corrected chi connectivity index (χ4v) is 3.71. The Morgan fingerprint density at radius 3 is 2.39 bits per heavy atom. The van der Waals surface area contributed by atoms with Crippen LogP contribution in [0.1, 0.15) is 30.8 Å². The standard InChI is InChI=1S/C22H25N3O3/c1-4-15-7-6-8-16(5-2)22(15)24-21(26)13-25-14(3)23-17-11-19-20(12-18(17)25)28-10-9-27-19/h6-8,11-12H,4-5,9-10,13H2,1-3H3,(H,24,26). The molecule has 0 radical (unpaired) electrons. The van der Waals surface area contributed by atoms with Crippen molar-refractivity contribution in [1.29, 1.82) is 0 Å². The second-order valence-electron chi connectivity index (χ2n) is 6.94. The highest BCUT2D eigenvalue weighted by atomic mass is 16.6. The van der Waals surface area contributed by atoms with E-state index in [1.54, 1.807) is 0 Å². The number of aryl methyl sites for hydroxylation is 3. The average Bonchev–Trinajstić information content (AvgIpc) is 3.00. The number of hydrogen-bond donors (Lipinski definition) is 1. The summed E-state index contributed by atoms with van der Waals surface area (Å²) in [6, 6.07) is 9.97. The molecule has 0 saturated carbocycles. The number of amides is 1. The van der Waals surface area contributed by atoms with E-state index in [0.29, 0.717) is 24.7 Å². The Labute approximate surface area is 164 Å². The second kappa shape index (κ2) is 7.54. The molecule has 6 nitrogen and oxygen atoms in total. The van der Waals surface area contributed by atoms with Gasteiger partial charge in [-0.25, -0.2) is 4.98 Å². The largest absolute Gasteiger partial charge is 0.486 e. The molecule has 0 aliphatic carbocycles. The summed E-state index contributed by atoms with van der Waals surface area (Å²) in [5, 5.41) is 3.13.